The molecule has 3 aromatic carbocycles. The Bertz CT molecular complexity index is 1690. The molecule has 1 atom stereocenters. The molecule has 2 saturated heterocycles. The number of benzene rings is 3. The maximum atomic E-state index is 16.7. The summed E-state index contributed by atoms with van der Waals surface area (Å²) in [4.78, 5) is 27.8. The number of carbonyl (C=O) groups excluding carboxylic acids is 1. The summed E-state index contributed by atoms with van der Waals surface area (Å²) in [5.74, 6) is -0.104. The van der Waals surface area contributed by atoms with E-state index in [1.165, 1.54) is 12.1 Å². The van der Waals surface area contributed by atoms with E-state index in [9.17, 15) is 9.90 Å². The third-order valence-corrected chi connectivity index (χ3v) is 8.83. The van der Waals surface area contributed by atoms with Gasteiger partial charge in [-0.05, 0) is 79.9 Å². The van der Waals surface area contributed by atoms with Gasteiger partial charge in [0.15, 0.2) is 5.82 Å². The van der Waals surface area contributed by atoms with Crippen LogP contribution in [0.2, 0.25) is 5.02 Å². The highest BCUT2D eigenvalue weighted by atomic mass is 35.5. The summed E-state index contributed by atoms with van der Waals surface area (Å²) in [5, 5.41) is 12.7. The summed E-state index contributed by atoms with van der Waals surface area (Å²) in [6, 6.07) is 12.7. The Morgan fingerprint density at radius 2 is 1.86 bits per heavy atom. The van der Waals surface area contributed by atoms with E-state index in [1.54, 1.807) is 17.0 Å². The van der Waals surface area contributed by atoms with Crippen molar-refractivity contribution in [2.75, 3.05) is 51.3 Å². The number of phenols is 1. The Balaban J connectivity index is 1.45. The first kappa shape index (κ1) is 29.1. The number of likely N-dealkylation sites (tertiary alicyclic amines) is 1. The van der Waals surface area contributed by atoms with Crippen LogP contribution in [0.5, 0.6) is 11.8 Å². The van der Waals surface area contributed by atoms with E-state index in [0.717, 1.165) is 30.2 Å². The molecule has 0 spiro atoms. The molecule has 0 radical (unpaired) electrons. The molecule has 43 heavy (non-hydrogen) atoms. The van der Waals surface area contributed by atoms with Crippen LogP contribution in [0, 0.1) is 5.82 Å². The lowest BCUT2D eigenvalue weighted by Crippen LogP contribution is -2.39. The smallest absolute Gasteiger partial charge is 0.319 e. The first-order valence-electron chi connectivity index (χ1n) is 14.7. The lowest BCUT2D eigenvalue weighted by atomic mass is 9.96. The quantitative estimate of drug-likeness (QED) is 0.269. The second kappa shape index (κ2) is 12.3. The second-order valence-corrected chi connectivity index (χ2v) is 11.7. The molecule has 1 N–H and O–H groups in total. The van der Waals surface area contributed by atoms with Gasteiger partial charge in [-0.15, -0.1) is 0 Å². The Kier molecular flexibility index (Phi) is 8.36. The number of carbonyl (C=O) groups is 1. The van der Waals surface area contributed by atoms with Gasteiger partial charge in [0.25, 0.3) is 0 Å². The molecule has 0 saturated carbocycles. The SMILES string of the molecule is C=CC(=O)N1CCCN(c2nc(OC[C@@H]3CCCN3C)nc3c(F)c(-c4cc(O)cc5ccccc45)c(Cl)cc23)CCC1. The number of nitrogens with zero attached hydrogens (tertiary/aromatic N) is 5. The van der Waals surface area contributed by atoms with Crippen LogP contribution in [0.3, 0.4) is 0 Å². The molecular formula is C33H35ClFN5O3. The molecule has 2 aliphatic rings. The van der Waals surface area contributed by atoms with Crippen LogP contribution in [0.1, 0.15) is 25.7 Å². The fraction of sp³-hybridized carbons (Fsp3) is 0.364. The lowest BCUT2D eigenvalue weighted by molar-refractivity contribution is -0.126. The Hall–Kier alpha value is -3.95. The van der Waals surface area contributed by atoms with Gasteiger partial charge >= 0.3 is 6.01 Å². The number of halogens is 2. The van der Waals surface area contributed by atoms with Crippen molar-refractivity contribution in [1.82, 2.24) is 19.8 Å². The van der Waals surface area contributed by atoms with E-state index in [2.05, 4.69) is 28.4 Å². The zero-order valence-electron chi connectivity index (χ0n) is 24.2. The molecule has 1 aromatic heterocycles. The number of amides is 1. The highest BCUT2D eigenvalue weighted by Crippen LogP contribution is 2.42. The van der Waals surface area contributed by atoms with Gasteiger partial charge in [0.05, 0.1) is 5.02 Å². The van der Waals surface area contributed by atoms with Gasteiger partial charge in [0.2, 0.25) is 5.91 Å². The van der Waals surface area contributed by atoms with Crippen molar-refractivity contribution in [3.63, 3.8) is 0 Å². The largest absolute Gasteiger partial charge is 0.508 e. The summed E-state index contributed by atoms with van der Waals surface area (Å²) < 4.78 is 22.9. The zero-order valence-corrected chi connectivity index (χ0v) is 25.0. The van der Waals surface area contributed by atoms with Crippen molar-refractivity contribution in [3.05, 3.63) is 66.0 Å². The molecule has 4 aromatic rings. The van der Waals surface area contributed by atoms with Gasteiger partial charge < -0.3 is 24.5 Å². The predicted molar refractivity (Wildman–Crippen MR) is 168 cm³/mol. The zero-order chi connectivity index (χ0) is 30.1. The number of likely N-dealkylation sites (N-methyl/N-ethyl adjacent to an activating group) is 1. The molecule has 2 aliphatic heterocycles. The minimum atomic E-state index is -0.598. The van der Waals surface area contributed by atoms with E-state index < -0.39 is 5.82 Å². The summed E-state index contributed by atoms with van der Waals surface area (Å²) in [6.07, 6.45) is 4.87. The third kappa shape index (κ3) is 5.84. The van der Waals surface area contributed by atoms with Crippen molar-refractivity contribution < 1.29 is 19.0 Å². The molecular weight excluding hydrogens is 569 g/mol. The fourth-order valence-electron chi connectivity index (χ4n) is 6.26. The normalized spacial score (nSPS) is 18.2. The average Bonchev–Trinajstić information content (AvgIpc) is 3.40. The van der Waals surface area contributed by atoms with Crippen molar-refractivity contribution in [2.24, 2.45) is 0 Å². The number of hydrogen-bond acceptors (Lipinski definition) is 7. The number of aromatic nitrogens is 2. The summed E-state index contributed by atoms with van der Waals surface area (Å²) >= 11 is 6.85. The second-order valence-electron chi connectivity index (χ2n) is 11.3. The molecule has 1 amide bonds. The van der Waals surface area contributed by atoms with Crippen LogP contribution in [0.25, 0.3) is 32.8 Å². The van der Waals surface area contributed by atoms with Gasteiger partial charge in [-0.3, -0.25) is 4.79 Å². The highest BCUT2D eigenvalue weighted by molar-refractivity contribution is 6.35. The summed E-state index contributed by atoms with van der Waals surface area (Å²) in [6.45, 7) is 7.42. The average molecular weight is 604 g/mol. The first-order chi connectivity index (χ1) is 20.8. The molecule has 0 unspecified atom stereocenters. The number of aromatic hydroxyl groups is 1. The predicted octanol–water partition coefficient (Wildman–Crippen LogP) is 6.04. The summed E-state index contributed by atoms with van der Waals surface area (Å²) in [7, 11) is 2.07. The molecule has 6 rings (SSSR count). The van der Waals surface area contributed by atoms with E-state index in [0.29, 0.717) is 62.4 Å². The topological polar surface area (TPSA) is 82.0 Å². The number of ether oxygens (including phenoxy) is 1. The van der Waals surface area contributed by atoms with Crippen molar-refractivity contribution >= 4 is 45.0 Å². The number of hydrogen-bond donors (Lipinski definition) is 1. The van der Waals surface area contributed by atoms with Gasteiger partial charge in [-0.1, -0.05) is 42.4 Å². The molecule has 0 bridgehead atoms. The molecule has 10 heteroatoms. The van der Waals surface area contributed by atoms with E-state index in [-0.39, 0.29) is 39.8 Å². The fourth-order valence-corrected chi connectivity index (χ4v) is 6.56. The van der Waals surface area contributed by atoms with Crippen molar-refractivity contribution in [2.45, 2.75) is 31.7 Å². The molecule has 224 valence electrons. The van der Waals surface area contributed by atoms with Gasteiger partial charge in [-0.25, -0.2) is 4.39 Å². The van der Waals surface area contributed by atoms with Crippen molar-refractivity contribution in [1.29, 1.82) is 0 Å². The van der Waals surface area contributed by atoms with Gasteiger partial charge in [0.1, 0.15) is 23.7 Å². The maximum Gasteiger partial charge on any atom is 0.319 e. The molecule has 2 fully saturated rings. The standard InChI is InChI=1S/C33H35ClFN5O3/c1-3-28(42)39-13-7-15-40(16-8-14-39)32-26-19-27(34)29(25-18-23(41)17-21-9-4-5-11-24(21)25)30(35)31(26)36-33(37-32)43-20-22-10-6-12-38(22)2/h3-5,9,11,17-19,22,41H,1,6-8,10,12-16,20H2,2H3/t22-/m0/s1. The number of fused-ring (bicyclic) bond motifs is 2. The van der Waals surface area contributed by atoms with Crippen LogP contribution in [-0.2, 0) is 4.79 Å². The van der Waals surface area contributed by atoms with Crippen LogP contribution >= 0.6 is 11.6 Å². The summed E-state index contributed by atoms with van der Waals surface area (Å²) in [5.41, 5.74) is 0.754. The maximum absolute atomic E-state index is 16.7. The van der Waals surface area contributed by atoms with Crippen LogP contribution in [-0.4, -0.2) is 83.2 Å². The first-order valence-corrected chi connectivity index (χ1v) is 15.1. The minimum absolute atomic E-state index is 0.0157. The monoisotopic (exact) mass is 603 g/mol. The molecule has 8 nitrogen and oxygen atoms in total. The molecule has 3 heterocycles. The third-order valence-electron chi connectivity index (χ3n) is 8.53. The minimum Gasteiger partial charge on any atom is -0.508 e. The van der Waals surface area contributed by atoms with E-state index >= 15 is 4.39 Å². The van der Waals surface area contributed by atoms with Crippen molar-refractivity contribution in [3.8, 4) is 22.9 Å². The lowest BCUT2D eigenvalue weighted by Gasteiger charge is -2.31. The van der Waals surface area contributed by atoms with Crippen LogP contribution in [0.4, 0.5) is 10.2 Å². The van der Waals surface area contributed by atoms with Gasteiger partial charge in [0, 0.05) is 43.2 Å². The van der Waals surface area contributed by atoms with E-state index in [4.69, 9.17) is 21.3 Å². The Labute approximate surface area is 255 Å². The Morgan fingerprint density at radius 1 is 1.09 bits per heavy atom. The Morgan fingerprint density at radius 3 is 2.58 bits per heavy atom. The highest BCUT2D eigenvalue weighted by Gasteiger charge is 2.26. The van der Waals surface area contributed by atoms with Crippen LogP contribution < -0.4 is 9.64 Å². The number of rotatable bonds is 6. The van der Waals surface area contributed by atoms with Gasteiger partial charge in [-0.2, -0.15) is 9.97 Å². The number of anilines is 1. The molecule has 0 aliphatic carbocycles. The van der Waals surface area contributed by atoms with Crippen LogP contribution in [0.15, 0.2) is 55.1 Å². The number of phenolic OH excluding ortho intramolecular Hbond substituents is 1. The van der Waals surface area contributed by atoms with E-state index in [1.807, 2.05) is 24.3 Å².